The molecule has 2 saturated carbocycles. The van der Waals surface area contributed by atoms with Gasteiger partial charge in [-0.1, -0.05) is 41.9 Å². The molecule has 0 radical (unpaired) electrons. The van der Waals surface area contributed by atoms with E-state index in [4.69, 9.17) is 16.3 Å². The van der Waals surface area contributed by atoms with Crippen LogP contribution >= 0.6 is 11.6 Å². The average molecular weight is 347 g/mol. The topological polar surface area (TPSA) is 9.23 Å². The molecule has 132 valence electrons. The van der Waals surface area contributed by atoms with E-state index in [9.17, 15) is 0 Å². The minimum atomic E-state index is 0.717. The molecule has 0 atom stereocenters. The number of benzene rings is 1. The first-order chi connectivity index (χ1) is 11.8. The highest BCUT2D eigenvalue weighted by Crippen LogP contribution is 2.44. The molecule has 0 N–H and O–H groups in total. The van der Waals surface area contributed by atoms with Crippen LogP contribution in [0.4, 0.5) is 0 Å². The zero-order valence-electron chi connectivity index (χ0n) is 14.9. The van der Waals surface area contributed by atoms with Crippen molar-refractivity contribution < 1.29 is 4.74 Å². The molecule has 2 aliphatic carbocycles. The molecule has 0 aliphatic heterocycles. The van der Waals surface area contributed by atoms with Crippen molar-refractivity contribution in [1.29, 1.82) is 0 Å². The first-order valence-corrected chi connectivity index (χ1v) is 10.1. The lowest BCUT2D eigenvalue weighted by Gasteiger charge is -2.37. The predicted molar refractivity (Wildman–Crippen MR) is 102 cm³/mol. The van der Waals surface area contributed by atoms with Crippen molar-refractivity contribution in [3.8, 4) is 0 Å². The van der Waals surface area contributed by atoms with Gasteiger partial charge >= 0.3 is 0 Å². The molecular weight excluding hydrogens is 316 g/mol. The first kappa shape index (κ1) is 18.0. The van der Waals surface area contributed by atoms with Gasteiger partial charge in [-0.05, 0) is 86.2 Å². The lowest BCUT2D eigenvalue weighted by Crippen LogP contribution is -2.25. The van der Waals surface area contributed by atoms with Gasteiger partial charge in [0.25, 0.3) is 0 Å². The molecule has 1 nitrogen and oxygen atoms in total. The fourth-order valence-corrected chi connectivity index (χ4v) is 5.09. The first-order valence-electron chi connectivity index (χ1n) is 9.64. The fraction of sp³-hybridized carbons (Fsp3) is 0.636. The molecule has 2 aliphatic rings. The molecule has 0 bridgehead atoms. The second-order valence-electron chi connectivity index (χ2n) is 7.78. The number of allylic oxidation sites excluding steroid dienone is 1. The average Bonchev–Trinajstić information content (AvgIpc) is 2.64. The van der Waals surface area contributed by atoms with Gasteiger partial charge in [-0.15, -0.1) is 0 Å². The number of rotatable bonds is 5. The smallest absolute Gasteiger partial charge is 0.0713 e. The quantitative estimate of drug-likeness (QED) is 0.578. The van der Waals surface area contributed by atoms with Crippen LogP contribution in [0.3, 0.4) is 0 Å². The van der Waals surface area contributed by atoms with E-state index >= 15 is 0 Å². The van der Waals surface area contributed by atoms with Crippen molar-refractivity contribution in [1.82, 2.24) is 0 Å². The molecule has 1 aromatic rings. The number of halogens is 1. The molecule has 2 fully saturated rings. The number of methoxy groups -OCH3 is 1. The molecule has 3 rings (SSSR count). The minimum Gasteiger partial charge on any atom is -0.380 e. The summed E-state index contributed by atoms with van der Waals surface area (Å²) in [5.41, 5.74) is 4.52. The Morgan fingerprint density at radius 3 is 2.04 bits per heavy atom. The maximum absolute atomic E-state index is 5.73. The van der Waals surface area contributed by atoms with Gasteiger partial charge in [-0.3, -0.25) is 0 Å². The van der Waals surface area contributed by atoms with Gasteiger partial charge in [0.1, 0.15) is 0 Å². The van der Waals surface area contributed by atoms with Gasteiger partial charge in [0, 0.05) is 12.6 Å². The summed E-state index contributed by atoms with van der Waals surface area (Å²) < 4.78 is 5.21. The predicted octanol–water partition coefficient (Wildman–Crippen LogP) is 6.67. The zero-order chi connectivity index (χ0) is 16.8. The maximum Gasteiger partial charge on any atom is 0.0713 e. The van der Waals surface area contributed by atoms with Crippen LogP contribution < -0.4 is 0 Å². The summed E-state index contributed by atoms with van der Waals surface area (Å²) in [6, 6.07) is 9.11. The SMILES string of the molecule is COCc1ccc(C2CCC(C3CCC(/C=C/Cl)CC3)CC2)cc1. The van der Waals surface area contributed by atoms with E-state index in [2.05, 4.69) is 30.3 Å². The molecule has 0 aromatic heterocycles. The lowest BCUT2D eigenvalue weighted by atomic mass is 9.68. The summed E-state index contributed by atoms with van der Waals surface area (Å²) >= 11 is 5.73. The Labute approximate surface area is 152 Å². The van der Waals surface area contributed by atoms with E-state index in [0.29, 0.717) is 6.61 Å². The largest absolute Gasteiger partial charge is 0.380 e. The van der Waals surface area contributed by atoms with Crippen molar-refractivity contribution in [2.75, 3.05) is 7.11 Å². The molecule has 0 unspecified atom stereocenters. The van der Waals surface area contributed by atoms with Crippen molar-refractivity contribution in [2.24, 2.45) is 17.8 Å². The lowest BCUT2D eigenvalue weighted by molar-refractivity contribution is 0.171. The van der Waals surface area contributed by atoms with Crippen LogP contribution in [-0.4, -0.2) is 7.11 Å². The van der Waals surface area contributed by atoms with Crippen molar-refractivity contribution in [2.45, 2.75) is 63.9 Å². The van der Waals surface area contributed by atoms with Crippen LogP contribution in [0.25, 0.3) is 0 Å². The van der Waals surface area contributed by atoms with E-state index in [1.807, 2.05) is 0 Å². The van der Waals surface area contributed by atoms with Gasteiger partial charge in [-0.2, -0.15) is 0 Å². The second kappa shape index (κ2) is 9.06. The van der Waals surface area contributed by atoms with Crippen LogP contribution in [0.15, 0.2) is 35.9 Å². The third-order valence-electron chi connectivity index (χ3n) is 6.36. The van der Waals surface area contributed by atoms with E-state index in [0.717, 1.165) is 23.7 Å². The Hall–Kier alpha value is -0.790. The molecule has 1 aromatic carbocycles. The summed E-state index contributed by atoms with van der Waals surface area (Å²) in [6.45, 7) is 0.717. The number of ether oxygens (including phenoxy) is 1. The Bertz CT molecular complexity index is 505. The van der Waals surface area contributed by atoms with Gasteiger partial charge in [0.05, 0.1) is 6.61 Å². The molecule has 0 amide bonds. The Balaban J connectivity index is 1.47. The third kappa shape index (κ3) is 4.64. The molecule has 24 heavy (non-hydrogen) atoms. The van der Waals surface area contributed by atoms with Gasteiger partial charge in [-0.25, -0.2) is 0 Å². The second-order valence-corrected chi connectivity index (χ2v) is 8.03. The highest BCUT2D eigenvalue weighted by Gasteiger charge is 2.30. The molecule has 0 saturated heterocycles. The monoisotopic (exact) mass is 346 g/mol. The van der Waals surface area contributed by atoms with E-state index in [1.54, 1.807) is 12.6 Å². The normalized spacial score (nSPS) is 31.4. The standard InChI is InChI=1S/C22H31ClO/c1-24-16-18-4-8-20(9-5-18)22-12-10-21(11-13-22)19-6-2-17(3-7-19)14-15-23/h4-5,8-9,14-15,17,19,21-22H,2-3,6-7,10-13,16H2,1H3/b15-14+. The molecular formula is C22H31ClO. The van der Waals surface area contributed by atoms with Crippen LogP contribution in [-0.2, 0) is 11.3 Å². The summed E-state index contributed by atoms with van der Waals surface area (Å²) in [6.07, 6.45) is 13.3. The summed E-state index contributed by atoms with van der Waals surface area (Å²) in [4.78, 5) is 0. The Morgan fingerprint density at radius 2 is 1.50 bits per heavy atom. The Kier molecular flexibility index (Phi) is 6.80. The van der Waals surface area contributed by atoms with Crippen molar-refractivity contribution in [3.05, 3.63) is 47.0 Å². The van der Waals surface area contributed by atoms with Gasteiger partial charge in [0.15, 0.2) is 0 Å². The van der Waals surface area contributed by atoms with Crippen LogP contribution in [0.2, 0.25) is 0 Å². The van der Waals surface area contributed by atoms with E-state index < -0.39 is 0 Å². The highest BCUT2D eigenvalue weighted by atomic mass is 35.5. The number of hydrogen-bond donors (Lipinski definition) is 0. The van der Waals surface area contributed by atoms with Gasteiger partial charge in [0.2, 0.25) is 0 Å². The fourth-order valence-electron chi connectivity index (χ4n) is 4.89. The highest BCUT2D eigenvalue weighted by molar-refractivity contribution is 6.25. The van der Waals surface area contributed by atoms with Crippen molar-refractivity contribution >= 4 is 11.6 Å². The number of hydrogen-bond acceptors (Lipinski definition) is 1. The molecule has 2 heteroatoms. The Morgan fingerprint density at radius 1 is 0.917 bits per heavy atom. The third-order valence-corrected chi connectivity index (χ3v) is 6.51. The van der Waals surface area contributed by atoms with Gasteiger partial charge < -0.3 is 4.74 Å². The van der Waals surface area contributed by atoms with E-state index in [-0.39, 0.29) is 0 Å². The van der Waals surface area contributed by atoms with Crippen LogP contribution in [0.5, 0.6) is 0 Å². The zero-order valence-corrected chi connectivity index (χ0v) is 15.7. The summed E-state index contributed by atoms with van der Waals surface area (Å²) in [5, 5.41) is 0. The molecule has 0 heterocycles. The summed E-state index contributed by atoms with van der Waals surface area (Å²) in [5.74, 6) is 3.44. The van der Waals surface area contributed by atoms with Crippen molar-refractivity contribution in [3.63, 3.8) is 0 Å². The molecule has 0 spiro atoms. The van der Waals surface area contributed by atoms with E-state index in [1.165, 1.54) is 62.5 Å². The maximum atomic E-state index is 5.73. The minimum absolute atomic E-state index is 0.717. The van der Waals surface area contributed by atoms with Crippen LogP contribution in [0, 0.1) is 17.8 Å². The van der Waals surface area contributed by atoms with Crippen LogP contribution in [0.1, 0.15) is 68.4 Å². The summed E-state index contributed by atoms with van der Waals surface area (Å²) in [7, 11) is 1.76.